The third kappa shape index (κ3) is 3.14. The quantitative estimate of drug-likeness (QED) is 0.707. The summed E-state index contributed by atoms with van der Waals surface area (Å²) >= 11 is 3.34. The molecule has 0 heterocycles. The minimum absolute atomic E-state index is 0.286. The molecule has 0 radical (unpaired) electrons. The van der Waals surface area contributed by atoms with Crippen LogP contribution in [0.15, 0.2) is 65.1 Å². The molecule has 3 rings (SSSR count). The van der Waals surface area contributed by atoms with Gasteiger partial charge < -0.3 is 5.11 Å². The fourth-order valence-corrected chi connectivity index (χ4v) is 2.94. The van der Waals surface area contributed by atoms with Crippen molar-refractivity contribution < 1.29 is 9.50 Å². The van der Waals surface area contributed by atoms with E-state index in [1.54, 1.807) is 6.07 Å². The number of halogens is 2. The van der Waals surface area contributed by atoms with Gasteiger partial charge in [-0.15, -0.1) is 0 Å². The van der Waals surface area contributed by atoms with Gasteiger partial charge in [-0.05, 0) is 40.1 Å². The Hall–Kier alpha value is -1.71. The number of fused-ring (bicyclic) bond motifs is 1. The lowest BCUT2D eigenvalue weighted by atomic mass is 9.99. The summed E-state index contributed by atoms with van der Waals surface area (Å²) in [5, 5.41) is 12.7. The van der Waals surface area contributed by atoms with Crippen LogP contribution >= 0.6 is 15.9 Å². The molecule has 0 amide bonds. The zero-order valence-corrected chi connectivity index (χ0v) is 12.8. The molecule has 0 aromatic heterocycles. The Kier molecular flexibility index (Phi) is 4.04. The minimum atomic E-state index is -0.614. The maximum Gasteiger partial charge on any atom is 0.124 e. The van der Waals surface area contributed by atoms with Crippen molar-refractivity contribution in [3.8, 4) is 0 Å². The number of hydrogen-bond donors (Lipinski definition) is 1. The van der Waals surface area contributed by atoms with E-state index in [1.807, 2.05) is 42.5 Å². The fourth-order valence-electron chi connectivity index (χ4n) is 2.43. The van der Waals surface area contributed by atoms with Gasteiger partial charge in [0.05, 0.1) is 6.10 Å². The topological polar surface area (TPSA) is 20.2 Å². The molecular weight excluding hydrogens is 331 g/mol. The summed E-state index contributed by atoms with van der Waals surface area (Å²) in [6.45, 7) is 0. The van der Waals surface area contributed by atoms with Gasteiger partial charge >= 0.3 is 0 Å². The van der Waals surface area contributed by atoms with E-state index in [0.717, 1.165) is 21.9 Å². The van der Waals surface area contributed by atoms with Gasteiger partial charge in [0.2, 0.25) is 0 Å². The lowest BCUT2D eigenvalue weighted by molar-refractivity contribution is 0.178. The van der Waals surface area contributed by atoms with Gasteiger partial charge in [-0.3, -0.25) is 0 Å². The molecule has 0 aliphatic heterocycles. The van der Waals surface area contributed by atoms with Crippen LogP contribution in [0.3, 0.4) is 0 Å². The fraction of sp³-hybridized carbons (Fsp3) is 0.111. The van der Waals surface area contributed by atoms with E-state index in [-0.39, 0.29) is 5.82 Å². The Morgan fingerprint density at radius 1 is 0.952 bits per heavy atom. The van der Waals surface area contributed by atoms with Crippen molar-refractivity contribution in [2.45, 2.75) is 12.5 Å². The summed E-state index contributed by atoms with van der Waals surface area (Å²) in [5.41, 5.74) is 1.75. The van der Waals surface area contributed by atoms with Gasteiger partial charge in [-0.1, -0.05) is 58.4 Å². The van der Waals surface area contributed by atoms with E-state index >= 15 is 0 Å². The normalized spacial score (nSPS) is 12.5. The average Bonchev–Trinajstić information content (AvgIpc) is 2.49. The lowest BCUT2D eigenvalue weighted by Crippen LogP contribution is -2.02. The monoisotopic (exact) mass is 344 g/mol. The molecule has 1 unspecified atom stereocenters. The molecule has 0 saturated heterocycles. The smallest absolute Gasteiger partial charge is 0.124 e. The first-order valence-electron chi connectivity index (χ1n) is 6.74. The van der Waals surface area contributed by atoms with E-state index in [1.165, 1.54) is 12.1 Å². The number of benzene rings is 3. The first-order valence-corrected chi connectivity index (χ1v) is 7.53. The zero-order valence-electron chi connectivity index (χ0n) is 11.3. The standard InChI is InChI=1S/C18H14BrFO/c19-17-11-16(20)8-7-14(17)10-18(21)15-6-5-12-3-1-2-4-13(12)9-15/h1-9,11,18,21H,10H2. The van der Waals surface area contributed by atoms with Crippen LogP contribution in [0.5, 0.6) is 0 Å². The molecule has 0 aliphatic rings. The Morgan fingerprint density at radius 2 is 1.71 bits per heavy atom. The first-order chi connectivity index (χ1) is 10.1. The molecule has 0 fully saturated rings. The van der Waals surface area contributed by atoms with Gasteiger partial charge in [0.15, 0.2) is 0 Å². The zero-order chi connectivity index (χ0) is 14.8. The number of aliphatic hydroxyl groups excluding tert-OH is 1. The van der Waals surface area contributed by atoms with E-state index in [2.05, 4.69) is 15.9 Å². The first kappa shape index (κ1) is 14.2. The number of rotatable bonds is 3. The van der Waals surface area contributed by atoms with Crippen molar-refractivity contribution in [1.82, 2.24) is 0 Å². The summed E-state index contributed by atoms with van der Waals surface area (Å²) in [7, 11) is 0. The van der Waals surface area contributed by atoms with Crippen molar-refractivity contribution in [1.29, 1.82) is 0 Å². The van der Waals surface area contributed by atoms with Crippen LogP contribution < -0.4 is 0 Å². The largest absolute Gasteiger partial charge is 0.388 e. The van der Waals surface area contributed by atoms with Gasteiger partial charge in [-0.2, -0.15) is 0 Å². The summed E-state index contributed by atoms with van der Waals surface area (Å²) in [6, 6.07) is 18.5. The van der Waals surface area contributed by atoms with E-state index < -0.39 is 6.10 Å². The molecule has 0 spiro atoms. The van der Waals surface area contributed by atoms with Crippen molar-refractivity contribution in [3.05, 3.63) is 82.1 Å². The van der Waals surface area contributed by atoms with E-state index in [0.29, 0.717) is 10.9 Å². The Morgan fingerprint density at radius 3 is 2.48 bits per heavy atom. The highest BCUT2D eigenvalue weighted by Crippen LogP contribution is 2.26. The van der Waals surface area contributed by atoms with Gasteiger partial charge in [0, 0.05) is 10.9 Å². The third-order valence-electron chi connectivity index (χ3n) is 3.59. The van der Waals surface area contributed by atoms with Crippen molar-refractivity contribution in [3.63, 3.8) is 0 Å². The second kappa shape index (κ2) is 5.96. The van der Waals surface area contributed by atoms with Crippen molar-refractivity contribution in [2.24, 2.45) is 0 Å². The van der Waals surface area contributed by atoms with Crippen LogP contribution in [0.1, 0.15) is 17.2 Å². The molecule has 1 N–H and O–H groups in total. The van der Waals surface area contributed by atoms with Crippen LogP contribution in [0, 0.1) is 5.82 Å². The molecule has 1 atom stereocenters. The number of hydrogen-bond acceptors (Lipinski definition) is 1. The Labute approximate surface area is 131 Å². The Bertz CT molecular complexity index is 785. The molecule has 0 saturated carbocycles. The maximum atomic E-state index is 13.1. The Balaban J connectivity index is 1.87. The molecule has 3 aromatic rings. The predicted octanol–water partition coefficient (Wildman–Crippen LogP) is 5.02. The van der Waals surface area contributed by atoms with Crippen LogP contribution in [-0.2, 0) is 6.42 Å². The molecule has 3 aromatic carbocycles. The molecule has 0 bridgehead atoms. The molecule has 0 aliphatic carbocycles. The van der Waals surface area contributed by atoms with E-state index in [9.17, 15) is 9.50 Å². The van der Waals surface area contributed by atoms with Crippen LogP contribution in [0.2, 0.25) is 0 Å². The van der Waals surface area contributed by atoms with Crippen molar-refractivity contribution in [2.75, 3.05) is 0 Å². The highest BCUT2D eigenvalue weighted by atomic mass is 79.9. The second-order valence-electron chi connectivity index (χ2n) is 5.06. The average molecular weight is 345 g/mol. The summed E-state index contributed by atoms with van der Waals surface area (Å²) in [4.78, 5) is 0. The van der Waals surface area contributed by atoms with Crippen LogP contribution in [-0.4, -0.2) is 5.11 Å². The summed E-state index contributed by atoms with van der Waals surface area (Å²) in [5.74, 6) is -0.286. The van der Waals surface area contributed by atoms with Gasteiger partial charge in [-0.25, -0.2) is 4.39 Å². The molecule has 1 nitrogen and oxygen atoms in total. The molecule has 3 heteroatoms. The maximum absolute atomic E-state index is 13.1. The minimum Gasteiger partial charge on any atom is -0.388 e. The van der Waals surface area contributed by atoms with Crippen LogP contribution in [0.25, 0.3) is 10.8 Å². The van der Waals surface area contributed by atoms with Gasteiger partial charge in [0.25, 0.3) is 0 Å². The number of aliphatic hydroxyl groups is 1. The molecular formula is C18H14BrFO. The SMILES string of the molecule is OC(Cc1ccc(F)cc1Br)c1ccc2ccccc2c1. The predicted molar refractivity (Wildman–Crippen MR) is 86.7 cm³/mol. The second-order valence-corrected chi connectivity index (χ2v) is 5.92. The van der Waals surface area contributed by atoms with E-state index in [4.69, 9.17) is 0 Å². The lowest BCUT2D eigenvalue weighted by Gasteiger charge is -2.13. The molecule has 106 valence electrons. The summed E-state index contributed by atoms with van der Waals surface area (Å²) < 4.78 is 13.8. The highest BCUT2D eigenvalue weighted by Gasteiger charge is 2.11. The van der Waals surface area contributed by atoms with Crippen molar-refractivity contribution >= 4 is 26.7 Å². The molecule has 21 heavy (non-hydrogen) atoms. The van der Waals surface area contributed by atoms with Gasteiger partial charge in [0.1, 0.15) is 5.82 Å². The third-order valence-corrected chi connectivity index (χ3v) is 4.32. The highest BCUT2D eigenvalue weighted by molar-refractivity contribution is 9.10. The van der Waals surface area contributed by atoms with Crippen LogP contribution in [0.4, 0.5) is 4.39 Å². The summed E-state index contributed by atoms with van der Waals surface area (Å²) in [6.07, 6.45) is -0.171.